The van der Waals surface area contributed by atoms with E-state index >= 15 is 0 Å². The van der Waals surface area contributed by atoms with Gasteiger partial charge in [-0.3, -0.25) is 9.59 Å². The lowest BCUT2D eigenvalue weighted by Gasteiger charge is -2.08. The molecule has 0 aliphatic heterocycles. The van der Waals surface area contributed by atoms with E-state index in [1.807, 2.05) is 86.7 Å². The third-order valence-electron chi connectivity index (χ3n) is 4.61. The summed E-state index contributed by atoms with van der Waals surface area (Å²) >= 11 is 0. The number of rotatable bonds is 8. The molecule has 0 saturated heterocycles. The van der Waals surface area contributed by atoms with Crippen molar-refractivity contribution in [1.29, 1.82) is 0 Å². The van der Waals surface area contributed by atoms with Crippen molar-refractivity contribution in [3.05, 3.63) is 108 Å². The average molecular weight is 426 g/mol. The Balaban J connectivity index is 1.71. The molecular formula is C27H27N3O2. The second kappa shape index (κ2) is 11.4. The maximum Gasteiger partial charge on any atom is 0.271 e. The van der Waals surface area contributed by atoms with E-state index in [9.17, 15) is 9.59 Å². The Labute approximate surface area is 188 Å². The van der Waals surface area contributed by atoms with E-state index in [0.717, 1.165) is 11.1 Å². The van der Waals surface area contributed by atoms with Crippen molar-refractivity contribution < 1.29 is 9.59 Å². The molecule has 0 aliphatic carbocycles. The van der Waals surface area contributed by atoms with Crippen LogP contribution >= 0.6 is 0 Å². The molecule has 0 saturated carbocycles. The van der Waals surface area contributed by atoms with Crippen LogP contribution in [0.25, 0.3) is 6.08 Å². The molecule has 2 N–H and O–H groups in total. The lowest BCUT2D eigenvalue weighted by molar-refractivity contribution is -0.116. The molecule has 3 aromatic carbocycles. The summed E-state index contributed by atoms with van der Waals surface area (Å²) in [7, 11) is 0. The number of benzene rings is 3. The quantitative estimate of drug-likeness (QED) is 0.369. The van der Waals surface area contributed by atoms with E-state index in [1.165, 1.54) is 0 Å². The molecule has 0 fully saturated rings. The average Bonchev–Trinajstić information content (AvgIpc) is 2.80. The fourth-order valence-corrected chi connectivity index (χ4v) is 3.01. The van der Waals surface area contributed by atoms with Crippen LogP contribution in [0.3, 0.4) is 0 Å². The Morgan fingerprint density at radius 3 is 2.09 bits per heavy atom. The van der Waals surface area contributed by atoms with Crippen molar-refractivity contribution in [1.82, 2.24) is 5.43 Å². The molecule has 3 aromatic rings. The Morgan fingerprint density at radius 2 is 1.47 bits per heavy atom. The summed E-state index contributed by atoms with van der Waals surface area (Å²) in [6.45, 7) is 3.98. The summed E-state index contributed by atoms with van der Waals surface area (Å²) in [4.78, 5) is 24.5. The minimum atomic E-state index is -0.327. The summed E-state index contributed by atoms with van der Waals surface area (Å²) < 4.78 is 0. The van der Waals surface area contributed by atoms with Crippen LogP contribution in [0.2, 0.25) is 0 Å². The van der Waals surface area contributed by atoms with E-state index in [2.05, 4.69) is 15.8 Å². The van der Waals surface area contributed by atoms with Crippen molar-refractivity contribution in [3.8, 4) is 0 Å². The second-order valence-electron chi connectivity index (χ2n) is 7.77. The Hall–Kier alpha value is -3.99. The Kier molecular flexibility index (Phi) is 8.09. The van der Waals surface area contributed by atoms with Crippen LogP contribution in [-0.4, -0.2) is 17.5 Å². The van der Waals surface area contributed by atoms with Gasteiger partial charge in [0.25, 0.3) is 5.91 Å². The van der Waals surface area contributed by atoms with Gasteiger partial charge in [0, 0.05) is 23.2 Å². The smallest absolute Gasteiger partial charge is 0.271 e. The molecule has 0 bridgehead atoms. The van der Waals surface area contributed by atoms with Crippen LogP contribution in [0, 0.1) is 5.92 Å². The Bertz CT molecular complexity index is 1090. The van der Waals surface area contributed by atoms with Crippen molar-refractivity contribution in [3.63, 3.8) is 0 Å². The van der Waals surface area contributed by atoms with Crippen LogP contribution in [0.1, 0.15) is 41.8 Å². The number of allylic oxidation sites excluding steroid dienone is 1. The third kappa shape index (κ3) is 7.06. The predicted octanol–water partition coefficient (Wildman–Crippen LogP) is 5.52. The molecule has 0 radical (unpaired) electrons. The van der Waals surface area contributed by atoms with Gasteiger partial charge in [-0.15, -0.1) is 0 Å². The van der Waals surface area contributed by atoms with Crippen LogP contribution in [0.5, 0.6) is 0 Å². The standard InChI is InChI=1S/C27H27N3O2/c1-20(2)19-26(31)28-24-16-14-23(15-17-24)27(32)30-29-25(22-11-7-4-8-12-22)18-13-21-9-5-3-6-10-21/h3-18,20H,19H2,1-2H3,(H,28,31)(H,30,32)/b18-13+,29-25-. The second-order valence-corrected chi connectivity index (χ2v) is 7.77. The van der Waals surface area contributed by atoms with E-state index in [0.29, 0.717) is 23.4 Å². The van der Waals surface area contributed by atoms with Crippen LogP contribution in [0.15, 0.2) is 96.1 Å². The fraction of sp³-hybridized carbons (Fsp3) is 0.148. The molecule has 5 heteroatoms. The number of carbonyl (C=O) groups excluding carboxylic acids is 2. The first-order valence-electron chi connectivity index (χ1n) is 10.6. The molecular weight excluding hydrogens is 398 g/mol. The molecule has 0 aliphatic rings. The molecule has 0 unspecified atom stereocenters. The lowest BCUT2D eigenvalue weighted by Crippen LogP contribution is -2.20. The van der Waals surface area contributed by atoms with Gasteiger partial charge in [0.05, 0.1) is 5.71 Å². The van der Waals surface area contributed by atoms with Crippen LogP contribution < -0.4 is 10.7 Å². The normalized spacial score (nSPS) is 11.5. The van der Waals surface area contributed by atoms with Gasteiger partial charge in [-0.2, -0.15) is 5.10 Å². The first kappa shape index (κ1) is 22.7. The monoisotopic (exact) mass is 425 g/mol. The molecule has 0 heterocycles. The van der Waals surface area contributed by atoms with Gasteiger partial charge in [-0.1, -0.05) is 80.6 Å². The SMILES string of the molecule is CC(C)CC(=O)Nc1ccc(C(=O)N/N=C(/C=C/c2ccccc2)c2ccccc2)cc1. The molecule has 162 valence electrons. The number of amides is 2. The third-order valence-corrected chi connectivity index (χ3v) is 4.61. The molecule has 5 nitrogen and oxygen atoms in total. The van der Waals surface area contributed by atoms with E-state index in [-0.39, 0.29) is 17.7 Å². The molecule has 0 spiro atoms. The molecule has 2 amide bonds. The van der Waals surface area contributed by atoms with Gasteiger partial charge in [-0.25, -0.2) is 5.43 Å². The summed E-state index contributed by atoms with van der Waals surface area (Å²) in [5, 5.41) is 7.19. The highest BCUT2D eigenvalue weighted by atomic mass is 16.2. The zero-order valence-corrected chi connectivity index (χ0v) is 18.3. The number of carbonyl (C=O) groups is 2. The number of hydrazone groups is 1. The highest BCUT2D eigenvalue weighted by Gasteiger charge is 2.08. The first-order valence-corrected chi connectivity index (χ1v) is 10.6. The van der Waals surface area contributed by atoms with Crippen molar-refractivity contribution in [2.75, 3.05) is 5.32 Å². The van der Waals surface area contributed by atoms with Crippen molar-refractivity contribution in [2.45, 2.75) is 20.3 Å². The van der Waals surface area contributed by atoms with E-state index < -0.39 is 0 Å². The minimum Gasteiger partial charge on any atom is -0.326 e. The van der Waals surface area contributed by atoms with E-state index in [4.69, 9.17) is 0 Å². The summed E-state index contributed by atoms with van der Waals surface area (Å²) in [6, 6.07) is 26.3. The summed E-state index contributed by atoms with van der Waals surface area (Å²) in [6.07, 6.45) is 4.28. The van der Waals surface area contributed by atoms with Crippen LogP contribution in [-0.2, 0) is 4.79 Å². The molecule has 0 aromatic heterocycles. The number of nitrogens with zero attached hydrogens (tertiary/aromatic N) is 1. The zero-order valence-electron chi connectivity index (χ0n) is 18.3. The van der Waals surface area contributed by atoms with Gasteiger partial charge < -0.3 is 5.32 Å². The summed E-state index contributed by atoms with van der Waals surface area (Å²) in [5.74, 6) is -0.0845. The van der Waals surface area contributed by atoms with Gasteiger partial charge in [0.2, 0.25) is 5.91 Å². The maximum absolute atomic E-state index is 12.6. The van der Waals surface area contributed by atoms with Gasteiger partial charge in [-0.05, 0) is 41.8 Å². The number of hydrogen-bond donors (Lipinski definition) is 2. The van der Waals surface area contributed by atoms with Gasteiger partial charge in [0.1, 0.15) is 0 Å². The highest BCUT2D eigenvalue weighted by Crippen LogP contribution is 2.12. The lowest BCUT2D eigenvalue weighted by atomic mass is 10.1. The van der Waals surface area contributed by atoms with Gasteiger partial charge in [0.15, 0.2) is 0 Å². The van der Waals surface area contributed by atoms with Crippen molar-refractivity contribution in [2.24, 2.45) is 11.0 Å². The van der Waals surface area contributed by atoms with Crippen molar-refractivity contribution >= 4 is 29.3 Å². The number of hydrogen-bond acceptors (Lipinski definition) is 3. The number of anilines is 1. The largest absolute Gasteiger partial charge is 0.326 e. The molecule has 32 heavy (non-hydrogen) atoms. The number of nitrogens with one attached hydrogen (secondary N) is 2. The minimum absolute atomic E-state index is 0.0421. The topological polar surface area (TPSA) is 70.6 Å². The summed E-state index contributed by atoms with van der Waals surface area (Å²) in [5.41, 5.74) is 6.31. The van der Waals surface area contributed by atoms with Gasteiger partial charge >= 0.3 is 0 Å². The molecule has 0 atom stereocenters. The Morgan fingerprint density at radius 1 is 0.844 bits per heavy atom. The molecule has 3 rings (SSSR count). The van der Waals surface area contributed by atoms with E-state index in [1.54, 1.807) is 24.3 Å². The highest BCUT2D eigenvalue weighted by molar-refractivity contribution is 6.11. The van der Waals surface area contributed by atoms with Crippen LogP contribution in [0.4, 0.5) is 5.69 Å². The first-order chi connectivity index (χ1) is 15.5. The fourth-order valence-electron chi connectivity index (χ4n) is 3.01. The maximum atomic E-state index is 12.6. The predicted molar refractivity (Wildman–Crippen MR) is 130 cm³/mol. The zero-order chi connectivity index (χ0) is 22.8.